The van der Waals surface area contributed by atoms with Gasteiger partial charge in [0.05, 0.1) is 5.83 Å². The molecule has 0 unspecified atom stereocenters. The Morgan fingerprint density at radius 3 is 2.48 bits per heavy atom. The van der Waals surface area contributed by atoms with Gasteiger partial charge in [0, 0.05) is 36.9 Å². The van der Waals surface area contributed by atoms with E-state index in [2.05, 4.69) is 33.6 Å². The monoisotopic (exact) mass is 423 g/mol. The van der Waals surface area contributed by atoms with Crippen LogP contribution in [0.5, 0.6) is 0 Å². The number of carbonyl (C=O) groups excluding carboxylic acids is 1. The molecule has 0 saturated heterocycles. The fourth-order valence-electron chi connectivity index (χ4n) is 1.57. The van der Waals surface area contributed by atoms with Crippen molar-refractivity contribution in [3.05, 3.63) is 77.9 Å². The van der Waals surface area contributed by atoms with Gasteiger partial charge in [-0.15, -0.1) is 0 Å². The SMILES string of the molecule is CCN/C=C/C=C(\C=C(/C)F)N/C=C(\N)CNC.CCS.O=Cc1ccccn1. The highest BCUT2D eigenvalue weighted by Gasteiger charge is 1.92. The van der Waals surface area contributed by atoms with Crippen molar-refractivity contribution in [2.24, 2.45) is 5.73 Å². The molecular formula is C21H34FN5OS. The minimum atomic E-state index is -0.272. The second-order valence-corrected chi connectivity index (χ2v) is 5.98. The maximum absolute atomic E-state index is 12.9. The summed E-state index contributed by atoms with van der Waals surface area (Å²) in [6, 6.07) is 5.21. The Morgan fingerprint density at radius 2 is 2.03 bits per heavy atom. The molecule has 29 heavy (non-hydrogen) atoms. The first kappa shape index (κ1) is 28.6. The molecule has 0 aliphatic carbocycles. The van der Waals surface area contributed by atoms with Gasteiger partial charge < -0.3 is 21.7 Å². The number of nitrogens with two attached hydrogens (primary N) is 1. The van der Waals surface area contributed by atoms with Crippen LogP contribution in [0.4, 0.5) is 4.39 Å². The molecule has 0 aliphatic heterocycles. The molecule has 5 N–H and O–H groups in total. The molecule has 0 aromatic carbocycles. The minimum absolute atomic E-state index is 0.272. The zero-order valence-corrected chi connectivity index (χ0v) is 18.5. The van der Waals surface area contributed by atoms with E-state index in [0.717, 1.165) is 18.6 Å². The summed E-state index contributed by atoms with van der Waals surface area (Å²) in [4.78, 5) is 13.7. The second-order valence-electron chi connectivity index (χ2n) is 5.35. The van der Waals surface area contributed by atoms with Crippen LogP contribution in [-0.4, -0.2) is 37.2 Å². The van der Waals surface area contributed by atoms with Gasteiger partial charge in [-0.3, -0.25) is 9.78 Å². The van der Waals surface area contributed by atoms with Crippen molar-refractivity contribution in [1.29, 1.82) is 0 Å². The van der Waals surface area contributed by atoms with Crippen LogP contribution in [0.15, 0.2) is 72.2 Å². The fraction of sp³-hybridized carbons (Fsp3) is 0.333. The van der Waals surface area contributed by atoms with Crippen molar-refractivity contribution in [3.8, 4) is 0 Å². The van der Waals surface area contributed by atoms with E-state index >= 15 is 0 Å². The van der Waals surface area contributed by atoms with Crippen LogP contribution in [0.1, 0.15) is 31.3 Å². The molecule has 1 aromatic rings. The Bertz CT molecular complexity index is 642. The van der Waals surface area contributed by atoms with Gasteiger partial charge in [0.1, 0.15) is 5.69 Å². The first-order chi connectivity index (χ1) is 13.9. The summed E-state index contributed by atoms with van der Waals surface area (Å²) in [5.41, 5.74) is 7.45. The van der Waals surface area contributed by atoms with Crippen molar-refractivity contribution in [1.82, 2.24) is 20.9 Å². The highest BCUT2D eigenvalue weighted by atomic mass is 32.1. The van der Waals surface area contributed by atoms with E-state index in [-0.39, 0.29) is 5.83 Å². The van der Waals surface area contributed by atoms with Crippen LogP contribution in [0.2, 0.25) is 0 Å². The van der Waals surface area contributed by atoms with E-state index in [4.69, 9.17) is 5.73 Å². The van der Waals surface area contributed by atoms with E-state index in [0.29, 0.717) is 23.6 Å². The zero-order valence-electron chi connectivity index (χ0n) is 17.7. The number of rotatable bonds is 9. The molecule has 1 rings (SSSR count). The highest BCUT2D eigenvalue weighted by molar-refractivity contribution is 7.80. The number of nitrogens with one attached hydrogen (secondary N) is 3. The largest absolute Gasteiger partial charge is 0.400 e. The fourth-order valence-corrected chi connectivity index (χ4v) is 1.57. The van der Waals surface area contributed by atoms with Crippen molar-refractivity contribution in [2.45, 2.75) is 20.8 Å². The van der Waals surface area contributed by atoms with E-state index < -0.39 is 0 Å². The average Bonchev–Trinajstić information content (AvgIpc) is 2.71. The lowest BCUT2D eigenvalue weighted by Gasteiger charge is -2.04. The van der Waals surface area contributed by atoms with E-state index in [1.54, 1.807) is 48.9 Å². The lowest BCUT2D eigenvalue weighted by Crippen LogP contribution is -2.18. The number of hydrogen-bond donors (Lipinski definition) is 5. The third-order valence-electron chi connectivity index (χ3n) is 2.66. The zero-order chi connectivity index (χ0) is 22.3. The van der Waals surface area contributed by atoms with Crippen molar-refractivity contribution >= 4 is 18.9 Å². The van der Waals surface area contributed by atoms with Gasteiger partial charge in [-0.2, -0.15) is 12.6 Å². The molecule has 8 heteroatoms. The first-order valence-corrected chi connectivity index (χ1v) is 9.84. The summed E-state index contributed by atoms with van der Waals surface area (Å²) in [5, 5.41) is 8.90. The number of aldehydes is 1. The molecule has 0 atom stereocenters. The first-order valence-electron chi connectivity index (χ1n) is 9.21. The number of nitrogens with zero attached hydrogens (tertiary/aromatic N) is 1. The predicted molar refractivity (Wildman–Crippen MR) is 124 cm³/mol. The van der Waals surface area contributed by atoms with Gasteiger partial charge in [0.15, 0.2) is 6.29 Å². The number of carbonyl (C=O) groups is 1. The summed E-state index contributed by atoms with van der Waals surface area (Å²) >= 11 is 3.79. The number of halogens is 1. The van der Waals surface area contributed by atoms with E-state index in [1.807, 2.05) is 20.9 Å². The normalized spacial score (nSPS) is 11.7. The Kier molecular flexibility index (Phi) is 21.4. The van der Waals surface area contributed by atoms with Crippen LogP contribution in [0, 0.1) is 0 Å². The quantitative estimate of drug-likeness (QED) is 0.238. The standard InChI is InChI=1S/C13H23FN4.C6H5NO.C2H6S/c1-4-17-7-5-6-13(8-11(2)14)18-10-12(15)9-16-3;8-5-6-3-1-2-4-7-6;1-2-3/h5-8,10,16-18H,4,9,15H2,1-3H3;1-5H;3H,2H2,1H3/b7-5+,11-8+,12-10-,13-6+;;. The Balaban J connectivity index is 0. The lowest BCUT2D eigenvalue weighted by atomic mass is 10.3. The topological polar surface area (TPSA) is 92.1 Å². The predicted octanol–water partition coefficient (Wildman–Crippen LogP) is 3.31. The Hall–Kier alpha value is -2.58. The molecule has 0 amide bonds. The molecule has 162 valence electrons. The van der Waals surface area contributed by atoms with Gasteiger partial charge in [-0.25, -0.2) is 4.39 Å². The highest BCUT2D eigenvalue weighted by Crippen LogP contribution is 2.01. The van der Waals surface area contributed by atoms with Gasteiger partial charge >= 0.3 is 0 Å². The minimum Gasteiger partial charge on any atom is -0.400 e. The number of hydrogen-bond acceptors (Lipinski definition) is 7. The smallest absolute Gasteiger partial charge is 0.168 e. The summed E-state index contributed by atoms with van der Waals surface area (Å²) in [5.74, 6) is 0.672. The number of thiol groups is 1. The number of pyridine rings is 1. The molecule has 0 radical (unpaired) electrons. The Labute approximate surface area is 179 Å². The van der Waals surface area contributed by atoms with Gasteiger partial charge in [0.2, 0.25) is 0 Å². The number of aromatic nitrogens is 1. The lowest BCUT2D eigenvalue weighted by molar-refractivity contribution is 0.111. The van der Waals surface area contributed by atoms with Gasteiger partial charge in [-0.05, 0) is 63.2 Å². The van der Waals surface area contributed by atoms with Crippen LogP contribution in [0.25, 0.3) is 0 Å². The molecule has 6 nitrogen and oxygen atoms in total. The van der Waals surface area contributed by atoms with Crippen molar-refractivity contribution < 1.29 is 9.18 Å². The summed E-state index contributed by atoms with van der Waals surface area (Å²) in [7, 11) is 1.81. The third-order valence-corrected chi connectivity index (χ3v) is 2.66. The van der Waals surface area contributed by atoms with Crippen LogP contribution in [-0.2, 0) is 0 Å². The molecule has 0 saturated carbocycles. The van der Waals surface area contributed by atoms with E-state index in [9.17, 15) is 9.18 Å². The van der Waals surface area contributed by atoms with Crippen LogP contribution < -0.4 is 21.7 Å². The number of allylic oxidation sites excluding steroid dienone is 4. The summed E-state index contributed by atoms with van der Waals surface area (Å²) in [6.45, 7) is 6.80. The molecular weight excluding hydrogens is 389 g/mol. The average molecular weight is 424 g/mol. The van der Waals surface area contributed by atoms with E-state index in [1.165, 1.54) is 13.0 Å². The van der Waals surface area contributed by atoms with Crippen LogP contribution in [0.3, 0.4) is 0 Å². The molecule has 1 aromatic heterocycles. The Morgan fingerprint density at radius 1 is 1.34 bits per heavy atom. The maximum atomic E-state index is 12.9. The second kappa shape index (κ2) is 21.7. The molecule has 1 heterocycles. The molecule has 0 fully saturated rings. The van der Waals surface area contributed by atoms with Crippen LogP contribution >= 0.6 is 12.6 Å². The third kappa shape index (κ3) is 21.6. The van der Waals surface area contributed by atoms with Gasteiger partial charge in [-0.1, -0.05) is 13.0 Å². The summed E-state index contributed by atoms with van der Waals surface area (Å²) in [6.07, 6.45) is 10.7. The summed E-state index contributed by atoms with van der Waals surface area (Å²) < 4.78 is 12.9. The number of likely N-dealkylation sites (N-methyl/N-ethyl adjacent to an activating group) is 1. The van der Waals surface area contributed by atoms with Crippen molar-refractivity contribution in [3.63, 3.8) is 0 Å². The van der Waals surface area contributed by atoms with Crippen molar-refractivity contribution in [2.75, 3.05) is 25.9 Å². The molecule has 0 bridgehead atoms. The maximum Gasteiger partial charge on any atom is 0.168 e. The van der Waals surface area contributed by atoms with Gasteiger partial charge in [0.25, 0.3) is 0 Å². The molecule has 0 spiro atoms. The molecule has 0 aliphatic rings.